The molecule has 2 heterocycles. The summed E-state index contributed by atoms with van der Waals surface area (Å²) in [4.78, 5) is 14.4. The fourth-order valence-electron chi connectivity index (χ4n) is 2.98. The molecular formula is C17H25ClN2O2S. The van der Waals surface area contributed by atoms with Gasteiger partial charge in [-0.15, -0.1) is 24.2 Å². The fourth-order valence-corrected chi connectivity index (χ4v) is 3.92. The molecule has 1 N–H and O–H groups in total. The Morgan fingerprint density at radius 3 is 2.70 bits per heavy atom. The number of hydrogen-bond donors (Lipinski definition) is 1. The minimum Gasteiger partial charge on any atom is -0.490 e. The molecule has 2 aliphatic heterocycles. The van der Waals surface area contributed by atoms with Crippen LogP contribution < -0.4 is 10.1 Å². The van der Waals surface area contributed by atoms with Crippen molar-refractivity contribution in [2.45, 2.75) is 38.8 Å². The average molecular weight is 357 g/mol. The summed E-state index contributed by atoms with van der Waals surface area (Å²) >= 11 is 1.80. The molecule has 4 nitrogen and oxygen atoms in total. The van der Waals surface area contributed by atoms with Crippen LogP contribution in [0.4, 0.5) is 0 Å². The van der Waals surface area contributed by atoms with Crippen LogP contribution in [0.1, 0.15) is 24.0 Å². The van der Waals surface area contributed by atoms with E-state index in [0.29, 0.717) is 0 Å². The molecule has 128 valence electrons. The average Bonchev–Trinajstić information content (AvgIpc) is 3.05. The van der Waals surface area contributed by atoms with Gasteiger partial charge in [0.25, 0.3) is 0 Å². The first-order valence-electron chi connectivity index (χ1n) is 7.97. The molecule has 1 atom stereocenters. The zero-order valence-electron chi connectivity index (χ0n) is 13.7. The topological polar surface area (TPSA) is 41.6 Å². The number of rotatable bonds is 3. The van der Waals surface area contributed by atoms with Gasteiger partial charge in [-0.25, -0.2) is 0 Å². The minimum atomic E-state index is 0. The van der Waals surface area contributed by atoms with Crippen molar-refractivity contribution in [3.8, 4) is 5.75 Å². The molecule has 3 rings (SSSR count). The quantitative estimate of drug-likeness (QED) is 0.904. The molecule has 2 fully saturated rings. The number of piperidine rings is 1. The number of halogens is 1. The van der Waals surface area contributed by atoms with E-state index >= 15 is 0 Å². The number of ether oxygens (including phenoxy) is 1. The van der Waals surface area contributed by atoms with Crippen molar-refractivity contribution in [2.75, 3.05) is 24.7 Å². The number of amides is 1. The number of nitrogens with zero attached hydrogens (tertiary/aromatic N) is 1. The highest BCUT2D eigenvalue weighted by Gasteiger charge is 2.30. The first kappa shape index (κ1) is 18.4. The monoisotopic (exact) mass is 356 g/mol. The Labute approximate surface area is 148 Å². The minimum absolute atomic E-state index is 0. The maximum Gasteiger partial charge on any atom is 0.240 e. The molecule has 2 aliphatic rings. The van der Waals surface area contributed by atoms with Gasteiger partial charge in [0.15, 0.2) is 0 Å². The summed E-state index contributed by atoms with van der Waals surface area (Å²) in [6.07, 6.45) is 2.05. The predicted molar refractivity (Wildman–Crippen MR) is 97.6 cm³/mol. The van der Waals surface area contributed by atoms with E-state index in [1.165, 1.54) is 11.1 Å². The third kappa shape index (κ3) is 4.55. The molecule has 0 saturated carbocycles. The predicted octanol–water partition coefficient (Wildman–Crippen LogP) is 2.76. The van der Waals surface area contributed by atoms with Crippen molar-refractivity contribution >= 4 is 30.1 Å². The van der Waals surface area contributed by atoms with E-state index in [0.717, 1.165) is 43.3 Å². The molecule has 0 spiro atoms. The lowest BCUT2D eigenvalue weighted by molar-refractivity contribution is -0.134. The largest absolute Gasteiger partial charge is 0.490 e. The maximum absolute atomic E-state index is 12.4. The Balaban J connectivity index is 0.00000192. The van der Waals surface area contributed by atoms with E-state index in [4.69, 9.17) is 4.74 Å². The molecule has 0 aromatic heterocycles. The van der Waals surface area contributed by atoms with Crippen LogP contribution in [0.5, 0.6) is 5.75 Å². The molecule has 6 heteroatoms. The first-order valence-corrected chi connectivity index (χ1v) is 9.13. The third-order valence-electron chi connectivity index (χ3n) is 4.41. The Hall–Kier alpha value is -0.910. The molecule has 1 amide bonds. The van der Waals surface area contributed by atoms with Gasteiger partial charge in [0.2, 0.25) is 5.91 Å². The van der Waals surface area contributed by atoms with Crippen molar-refractivity contribution in [3.05, 3.63) is 29.3 Å². The van der Waals surface area contributed by atoms with Crippen molar-refractivity contribution in [1.29, 1.82) is 0 Å². The summed E-state index contributed by atoms with van der Waals surface area (Å²) in [5.41, 5.74) is 2.40. The van der Waals surface area contributed by atoms with Crippen LogP contribution in [-0.4, -0.2) is 47.7 Å². The molecule has 1 unspecified atom stereocenters. The lowest BCUT2D eigenvalue weighted by Crippen LogP contribution is -2.49. The van der Waals surface area contributed by atoms with Crippen LogP contribution in [-0.2, 0) is 4.79 Å². The second kappa shape index (κ2) is 8.27. The second-order valence-electron chi connectivity index (χ2n) is 6.18. The number of nitrogens with one attached hydrogen (secondary N) is 1. The smallest absolute Gasteiger partial charge is 0.240 e. The maximum atomic E-state index is 12.4. The van der Waals surface area contributed by atoms with Gasteiger partial charge in [0, 0.05) is 37.6 Å². The highest BCUT2D eigenvalue weighted by molar-refractivity contribution is 7.99. The number of hydrogen-bond acceptors (Lipinski definition) is 4. The van der Waals surface area contributed by atoms with Crippen LogP contribution >= 0.6 is 24.2 Å². The molecule has 0 bridgehead atoms. The summed E-state index contributed by atoms with van der Waals surface area (Å²) < 4.78 is 6.16. The zero-order valence-corrected chi connectivity index (χ0v) is 15.3. The number of benzene rings is 1. The van der Waals surface area contributed by atoms with Crippen molar-refractivity contribution in [2.24, 2.45) is 0 Å². The Kier molecular flexibility index (Phi) is 6.62. The van der Waals surface area contributed by atoms with Gasteiger partial charge in [-0.1, -0.05) is 12.1 Å². The highest BCUT2D eigenvalue weighted by Crippen LogP contribution is 2.24. The van der Waals surface area contributed by atoms with Crippen LogP contribution in [0, 0.1) is 13.8 Å². The van der Waals surface area contributed by atoms with Crippen molar-refractivity contribution in [1.82, 2.24) is 10.2 Å². The standard InChI is InChI=1S/C17H24N2O2S.ClH/c1-12-3-4-13(2)16(9-12)21-14-5-7-19(8-6-14)17(20)15-10-22-11-18-15;/h3-4,9,14-15,18H,5-8,10-11H2,1-2H3;1H. The van der Waals surface area contributed by atoms with Crippen LogP contribution in [0.3, 0.4) is 0 Å². The van der Waals surface area contributed by atoms with Gasteiger partial charge in [-0.3, -0.25) is 10.1 Å². The van der Waals surface area contributed by atoms with Crippen LogP contribution in [0.25, 0.3) is 0 Å². The Bertz CT molecular complexity index is 541. The van der Waals surface area contributed by atoms with E-state index in [1.807, 2.05) is 4.90 Å². The molecule has 0 radical (unpaired) electrons. The van der Waals surface area contributed by atoms with Crippen molar-refractivity contribution in [3.63, 3.8) is 0 Å². The normalized spacial score (nSPS) is 21.8. The van der Waals surface area contributed by atoms with Crippen LogP contribution in [0.15, 0.2) is 18.2 Å². The SMILES string of the molecule is Cc1ccc(C)c(OC2CCN(C(=O)C3CSCN3)CC2)c1.Cl. The van der Waals surface area contributed by atoms with E-state index in [2.05, 4.69) is 37.4 Å². The summed E-state index contributed by atoms with van der Waals surface area (Å²) in [6.45, 7) is 5.77. The number of aryl methyl sites for hydroxylation is 2. The lowest BCUT2D eigenvalue weighted by Gasteiger charge is -2.33. The van der Waals surface area contributed by atoms with E-state index < -0.39 is 0 Å². The summed E-state index contributed by atoms with van der Waals surface area (Å²) in [5, 5.41) is 3.26. The summed E-state index contributed by atoms with van der Waals surface area (Å²) in [5.74, 6) is 3.04. The fraction of sp³-hybridized carbons (Fsp3) is 0.588. The summed E-state index contributed by atoms with van der Waals surface area (Å²) in [6, 6.07) is 6.33. The molecule has 0 aliphatic carbocycles. The van der Waals surface area contributed by atoms with Crippen molar-refractivity contribution < 1.29 is 9.53 Å². The van der Waals surface area contributed by atoms with Gasteiger partial charge in [-0.05, 0) is 31.0 Å². The molecule has 1 aromatic carbocycles. The zero-order chi connectivity index (χ0) is 15.5. The van der Waals surface area contributed by atoms with Gasteiger partial charge >= 0.3 is 0 Å². The molecule has 2 saturated heterocycles. The number of thioether (sulfide) groups is 1. The van der Waals surface area contributed by atoms with Gasteiger partial charge < -0.3 is 9.64 Å². The molecular weight excluding hydrogens is 332 g/mol. The molecule has 1 aromatic rings. The van der Waals surface area contributed by atoms with Gasteiger partial charge in [0.1, 0.15) is 11.9 Å². The van der Waals surface area contributed by atoms with E-state index in [9.17, 15) is 4.79 Å². The van der Waals surface area contributed by atoms with Gasteiger partial charge in [0.05, 0.1) is 6.04 Å². The number of likely N-dealkylation sites (tertiary alicyclic amines) is 1. The number of carbonyl (C=O) groups excluding carboxylic acids is 1. The highest BCUT2D eigenvalue weighted by atomic mass is 35.5. The molecule has 23 heavy (non-hydrogen) atoms. The Morgan fingerprint density at radius 1 is 1.30 bits per heavy atom. The second-order valence-corrected chi connectivity index (χ2v) is 7.21. The lowest BCUT2D eigenvalue weighted by atomic mass is 10.1. The van der Waals surface area contributed by atoms with E-state index in [-0.39, 0.29) is 30.5 Å². The van der Waals surface area contributed by atoms with Gasteiger partial charge in [-0.2, -0.15) is 0 Å². The van der Waals surface area contributed by atoms with Crippen LogP contribution in [0.2, 0.25) is 0 Å². The van der Waals surface area contributed by atoms with E-state index in [1.54, 1.807) is 11.8 Å². The summed E-state index contributed by atoms with van der Waals surface area (Å²) in [7, 11) is 0. The first-order chi connectivity index (χ1) is 10.6. The third-order valence-corrected chi connectivity index (χ3v) is 5.35. The Morgan fingerprint density at radius 2 is 2.04 bits per heavy atom. The number of carbonyl (C=O) groups is 1.